The van der Waals surface area contributed by atoms with E-state index in [1.807, 2.05) is 19.0 Å². The van der Waals surface area contributed by atoms with Crippen LogP contribution in [0.1, 0.15) is 33.1 Å². The Hall–Kier alpha value is -0.210. The van der Waals surface area contributed by atoms with Crippen molar-refractivity contribution in [3.05, 3.63) is 0 Å². The molecular formula is C14H31N3O3S. The fourth-order valence-electron chi connectivity index (χ4n) is 2.79. The van der Waals surface area contributed by atoms with Crippen LogP contribution < -0.4 is 4.72 Å². The first-order valence-corrected chi connectivity index (χ1v) is 9.21. The second-order valence-corrected chi connectivity index (χ2v) is 8.44. The van der Waals surface area contributed by atoms with Crippen molar-refractivity contribution in [2.75, 3.05) is 40.3 Å². The monoisotopic (exact) mass is 321 g/mol. The van der Waals surface area contributed by atoms with Crippen molar-refractivity contribution in [3.8, 4) is 0 Å². The van der Waals surface area contributed by atoms with Gasteiger partial charge in [-0.1, -0.05) is 13.8 Å². The molecule has 1 atom stereocenters. The number of aliphatic hydroxyl groups excluding tert-OH is 1. The van der Waals surface area contributed by atoms with Crippen LogP contribution in [-0.4, -0.2) is 69.1 Å². The maximum atomic E-state index is 12.5. The predicted molar refractivity (Wildman–Crippen MR) is 85.2 cm³/mol. The zero-order valence-corrected chi connectivity index (χ0v) is 14.6. The summed E-state index contributed by atoms with van der Waals surface area (Å²) in [7, 11) is 0.475. The Morgan fingerprint density at radius 2 is 1.86 bits per heavy atom. The summed E-state index contributed by atoms with van der Waals surface area (Å²) in [5.41, 5.74) is 0. The molecule has 1 aliphatic rings. The third-order valence-corrected chi connectivity index (χ3v) is 5.50. The second-order valence-electron chi connectivity index (χ2n) is 6.74. The average Bonchev–Trinajstić information content (AvgIpc) is 2.36. The molecule has 0 radical (unpaired) electrons. The van der Waals surface area contributed by atoms with Crippen LogP contribution in [0.4, 0.5) is 0 Å². The molecule has 6 nitrogen and oxygen atoms in total. The van der Waals surface area contributed by atoms with Gasteiger partial charge in [-0.25, -0.2) is 0 Å². The van der Waals surface area contributed by atoms with E-state index in [2.05, 4.69) is 18.6 Å². The van der Waals surface area contributed by atoms with Crippen LogP contribution in [0, 0.1) is 11.8 Å². The molecule has 1 aliphatic heterocycles. The van der Waals surface area contributed by atoms with Crippen LogP contribution in [0.5, 0.6) is 0 Å². The topological polar surface area (TPSA) is 72.9 Å². The third kappa shape index (κ3) is 6.61. The van der Waals surface area contributed by atoms with Gasteiger partial charge in [-0.05, 0) is 45.2 Å². The zero-order valence-electron chi connectivity index (χ0n) is 13.7. The summed E-state index contributed by atoms with van der Waals surface area (Å²) in [5, 5.41) is 9.13. The van der Waals surface area contributed by atoms with Crippen LogP contribution in [0.2, 0.25) is 0 Å². The lowest BCUT2D eigenvalue weighted by molar-refractivity contribution is 0.169. The molecule has 1 fully saturated rings. The minimum Gasteiger partial charge on any atom is -0.396 e. The van der Waals surface area contributed by atoms with Gasteiger partial charge >= 0.3 is 0 Å². The van der Waals surface area contributed by atoms with Gasteiger partial charge in [0, 0.05) is 32.3 Å². The second kappa shape index (κ2) is 8.43. The summed E-state index contributed by atoms with van der Waals surface area (Å²) in [6.07, 6.45) is 2.30. The van der Waals surface area contributed by atoms with Crippen molar-refractivity contribution in [2.45, 2.75) is 39.2 Å². The highest BCUT2D eigenvalue weighted by atomic mass is 32.2. The molecule has 0 aromatic heterocycles. The maximum absolute atomic E-state index is 12.5. The van der Waals surface area contributed by atoms with Gasteiger partial charge in [0.05, 0.1) is 0 Å². The number of hydrogen-bond acceptors (Lipinski definition) is 4. The standard InChI is InChI=1S/C14H31N3O3S/c1-12(2)9-14(10-16(3)4)15-21(19,20)17-7-5-13(11-18)6-8-17/h12-15,18H,5-11H2,1-4H3. The third-order valence-electron chi connectivity index (χ3n) is 3.83. The predicted octanol–water partition coefficient (Wildman–Crippen LogP) is 0.501. The summed E-state index contributed by atoms with van der Waals surface area (Å²) in [4.78, 5) is 2.01. The number of likely N-dealkylation sites (N-methyl/N-ethyl adjacent to an activating group) is 1. The highest BCUT2D eigenvalue weighted by Gasteiger charge is 2.29. The highest BCUT2D eigenvalue weighted by molar-refractivity contribution is 7.87. The van der Waals surface area contributed by atoms with Crippen molar-refractivity contribution in [1.29, 1.82) is 0 Å². The molecule has 126 valence electrons. The molecular weight excluding hydrogens is 290 g/mol. The molecule has 0 spiro atoms. The number of piperidine rings is 1. The fourth-order valence-corrected chi connectivity index (χ4v) is 4.22. The number of nitrogens with zero attached hydrogens (tertiary/aromatic N) is 2. The first kappa shape index (κ1) is 18.8. The minimum atomic E-state index is -3.43. The smallest absolute Gasteiger partial charge is 0.279 e. The Kier molecular flexibility index (Phi) is 7.56. The van der Waals surface area contributed by atoms with E-state index in [0.717, 1.165) is 19.3 Å². The molecule has 1 heterocycles. The summed E-state index contributed by atoms with van der Waals surface area (Å²) < 4.78 is 29.3. The minimum absolute atomic E-state index is 0.0689. The summed E-state index contributed by atoms with van der Waals surface area (Å²) in [5.74, 6) is 0.683. The first-order chi connectivity index (χ1) is 9.74. The van der Waals surface area contributed by atoms with Gasteiger partial charge in [0.1, 0.15) is 0 Å². The molecule has 1 unspecified atom stereocenters. The van der Waals surface area contributed by atoms with Crippen molar-refractivity contribution in [1.82, 2.24) is 13.9 Å². The summed E-state index contributed by atoms with van der Waals surface area (Å²) >= 11 is 0. The molecule has 0 aliphatic carbocycles. The van der Waals surface area contributed by atoms with E-state index in [4.69, 9.17) is 5.11 Å². The molecule has 7 heteroatoms. The molecule has 0 bridgehead atoms. The van der Waals surface area contributed by atoms with Gasteiger partial charge in [-0.3, -0.25) is 0 Å². The van der Waals surface area contributed by atoms with Gasteiger partial charge < -0.3 is 10.0 Å². The lowest BCUT2D eigenvalue weighted by atomic mass is 10.00. The fraction of sp³-hybridized carbons (Fsp3) is 1.00. The molecule has 0 aromatic rings. The van der Waals surface area contributed by atoms with Gasteiger partial charge in [-0.15, -0.1) is 0 Å². The largest absolute Gasteiger partial charge is 0.396 e. The van der Waals surface area contributed by atoms with Crippen LogP contribution in [0.3, 0.4) is 0 Å². The van der Waals surface area contributed by atoms with E-state index in [-0.39, 0.29) is 18.6 Å². The Labute approximate surface area is 129 Å². The van der Waals surface area contributed by atoms with Gasteiger partial charge in [0.25, 0.3) is 10.2 Å². The van der Waals surface area contributed by atoms with E-state index >= 15 is 0 Å². The highest BCUT2D eigenvalue weighted by Crippen LogP contribution is 2.19. The van der Waals surface area contributed by atoms with Crippen molar-refractivity contribution in [3.63, 3.8) is 0 Å². The Morgan fingerprint density at radius 3 is 2.29 bits per heavy atom. The van der Waals surface area contributed by atoms with E-state index in [0.29, 0.717) is 25.6 Å². The van der Waals surface area contributed by atoms with Crippen LogP contribution in [-0.2, 0) is 10.2 Å². The quantitative estimate of drug-likeness (QED) is 0.683. The average molecular weight is 321 g/mol. The van der Waals surface area contributed by atoms with Gasteiger partial charge in [0.15, 0.2) is 0 Å². The van der Waals surface area contributed by atoms with Gasteiger partial charge in [-0.2, -0.15) is 17.4 Å². The lowest BCUT2D eigenvalue weighted by Gasteiger charge is -2.32. The Balaban J connectivity index is 2.63. The van der Waals surface area contributed by atoms with Crippen molar-refractivity contribution < 1.29 is 13.5 Å². The molecule has 2 N–H and O–H groups in total. The molecule has 1 saturated heterocycles. The SMILES string of the molecule is CC(C)CC(CN(C)C)NS(=O)(=O)N1CCC(CO)CC1. The zero-order chi connectivity index (χ0) is 16.0. The van der Waals surface area contributed by atoms with E-state index in [1.165, 1.54) is 4.31 Å². The van der Waals surface area contributed by atoms with Crippen molar-refractivity contribution in [2.24, 2.45) is 11.8 Å². The molecule has 0 saturated carbocycles. The van der Waals surface area contributed by atoms with Crippen LogP contribution in [0.25, 0.3) is 0 Å². The number of rotatable bonds is 8. The number of nitrogens with one attached hydrogen (secondary N) is 1. The molecule has 0 amide bonds. The molecule has 21 heavy (non-hydrogen) atoms. The molecule has 0 aromatic carbocycles. The normalized spacial score (nSPS) is 20.3. The van der Waals surface area contributed by atoms with Crippen LogP contribution in [0.15, 0.2) is 0 Å². The van der Waals surface area contributed by atoms with Gasteiger partial charge in [0.2, 0.25) is 0 Å². The maximum Gasteiger partial charge on any atom is 0.279 e. The summed E-state index contributed by atoms with van der Waals surface area (Å²) in [6, 6.07) is -0.0689. The lowest BCUT2D eigenvalue weighted by Crippen LogP contribution is -2.51. The first-order valence-electron chi connectivity index (χ1n) is 7.77. The van der Waals surface area contributed by atoms with E-state index < -0.39 is 10.2 Å². The van der Waals surface area contributed by atoms with E-state index in [1.54, 1.807) is 0 Å². The number of hydrogen-bond donors (Lipinski definition) is 2. The Bertz CT molecular complexity index is 380. The number of aliphatic hydroxyl groups is 1. The van der Waals surface area contributed by atoms with Crippen LogP contribution >= 0.6 is 0 Å². The Morgan fingerprint density at radius 1 is 1.29 bits per heavy atom. The summed E-state index contributed by atoms with van der Waals surface area (Å²) in [6.45, 7) is 6.05. The van der Waals surface area contributed by atoms with Crippen molar-refractivity contribution >= 4 is 10.2 Å². The molecule has 1 rings (SSSR count). The van der Waals surface area contributed by atoms with E-state index in [9.17, 15) is 8.42 Å².